The highest BCUT2D eigenvalue weighted by molar-refractivity contribution is 5.79. The molecular formula is C20H31F3N4O. The van der Waals surface area contributed by atoms with Crippen molar-refractivity contribution in [3.63, 3.8) is 0 Å². The normalized spacial score (nSPS) is 22.7. The number of aryl methyl sites for hydroxylation is 1. The zero-order chi connectivity index (χ0) is 20.9. The summed E-state index contributed by atoms with van der Waals surface area (Å²) in [6.07, 6.45) is -0.701. The number of carbonyl (C=O) groups is 1. The summed E-state index contributed by atoms with van der Waals surface area (Å²) >= 11 is 0. The van der Waals surface area contributed by atoms with Gasteiger partial charge in [0, 0.05) is 43.8 Å². The number of pyridine rings is 1. The lowest BCUT2D eigenvalue weighted by Crippen LogP contribution is -2.50. The summed E-state index contributed by atoms with van der Waals surface area (Å²) in [6.45, 7) is 7.78. The molecule has 2 N–H and O–H groups in total. The molecule has 8 heteroatoms. The molecule has 1 aromatic heterocycles. The molecule has 2 unspecified atom stereocenters. The number of anilines is 1. The molecule has 2 aliphatic rings. The highest BCUT2D eigenvalue weighted by Gasteiger charge is 2.34. The second kappa shape index (κ2) is 9.58. The highest BCUT2D eigenvalue weighted by Crippen LogP contribution is 2.32. The minimum Gasteiger partial charge on any atom is -0.353 e. The van der Waals surface area contributed by atoms with Crippen molar-refractivity contribution in [2.24, 2.45) is 11.7 Å². The Bertz CT molecular complexity index is 657. The molecule has 1 amide bonds. The summed E-state index contributed by atoms with van der Waals surface area (Å²) in [4.78, 5) is 20.4. The maximum atomic E-state index is 13.0. The van der Waals surface area contributed by atoms with Crippen LogP contribution < -0.4 is 10.6 Å². The molecule has 28 heavy (non-hydrogen) atoms. The quantitative estimate of drug-likeness (QED) is 0.824. The van der Waals surface area contributed by atoms with E-state index in [4.69, 9.17) is 5.73 Å². The third-order valence-electron chi connectivity index (χ3n) is 5.00. The van der Waals surface area contributed by atoms with Crippen molar-refractivity contribution in [2.45, 2.75) is 58.7 Å². The Morgan fingerprint density at radius 1 is 1.18 bits per heavy atom. The van der Waals surface area contributed by atoms with Gasteiger partial charge in [-0.3, -0.25) is 4.79 Å². The molecule has 1 aliphatic carbocycles. The number of amides is 1. The molecule has 1 aromatic rings. The minimum atomic E-state index is -4.39. The molecule has 158 valence electrons. The standard InChI is InChI=1S/C17H23F3N4O.C3H8/c1-11-8-13(17(18,19)20)10-15(22-11)23-4-6-24(7-5-23)16(25)12-2-3-14(21)9-12;1-3-2/h8,10,12,14H,2-7,9,21H2,1H3;3H2,1-2H3. The van der Waals surface area contributed by atoms with Crippen molar-refractivity contribution < 1.29 is 18.0 Å². The average molecular weight is 400 g/mol. The van der Waals surface area contributed by atoms with E-state index in [1.54, 1.807) is 11.8 Å². The molecule has 0 aromatic carbocycles. The van der Waals surface area contributed by atoms with Gasteiger partial charge in [0.15, 0.2) is 0 Å². The lowest BCUT2D eigenvalue weighted by Gasteiger charge is -2.36. The molecule has 2 atom stereocenters. The van der Waals surface area contributed by atoms with Gasteiger partial charge < -0.3 is 15.5 Å². The van der Waals surface area contributed by atoms with Crippen LogP contribution in [-0.4, -0.2) is 48.0 Å². The molecule has 1 aliphatic heterocycles. The topological polar surface area (TPSA) is 62.5 Å². The Hall–Kier alpha value is -1.83. The van der Waals surface area contributed by atoms with Gasteiger partial charge in [-0.1, -0.05) is 20.3 Å². The predicted octanol–water partition coefficient (Wildman–Crippen LogP) is 3.60. The fourth-order valence-electron chi connectivity index (χ4n) is 3.63. The third-order valence-corrected chi connectivity index (χ3v) is 5.00. The van der Waals surface area contributed by atoms with Crippen LogP contribution in [0.15, 0.2) is 12.1 Å². The molecular weight excluding hydrogens is 369 g/mol. The molecule has 2 fully saturated rings. The first-order valence-corrected chi connectivity index (χ1v) is 10.0. The molecule has 0 spiro atoms. The predicted molar refractivity (Wildman–Crippen MR) is 104 cm³/mol. The maximum Gasteiger partial charge on any atom is 0.416 e. The third kappa shape index (κ3) is 5.83. The van der Waals surface area contributed by atoms with Crippen molar-refractivity contribution >= 4 is 11.7 Å². The summed E-state index contributed by atoms with van der Waals surface area (Å²) in [5.41, 5.74) is 5.52. The van der Waals surface area contributed by atoms with Gasteiger partial charge >= 0.3 is 6.18 Å². The summed E-state index contributed by atoms with van der Waals surface area (Å²) in [5, 5.41) is 0. The first-order chi connectivity index (χ1) is 13.2. The lowest BCUT2D eigenvalue weighted by molar-refractivity contribution is -0.137. The van der Waals surface area contributed by atoms with Crippen molar-refractivity contribution in [2.75, 3.05) is 31.1 Å². The van der Waals surface area contributed by atoms with E-state index in [0.717, 1.165) is 31.4 Å². The lowest BCUT2D eigenvalue weighted by atomic mass is 10.1. The number of piperazine rings is 1. The Morgan fingerprint density at radius 3 is 2.29 bits per heavy atom. The van der Waals surface area contributed by atoms with Gasteiger partial charge in [-0.25, -0.2) is 4.98 Å². The molecule has 0 bridgehead atoms. The number of nitrogens with two attached hydrogens (primary N) is 1. The average Bonchev–Trinajstić information content (AvgIpc) is 3.07. The summed E-state index contributed by atoms with van der Waals surface area (Å²) in [6, 6.07) is 2.24. The first-order valence-electron chi connectivity index (χ1n) is 10.0. The number of hydrogen-bond donors (Lipinski definition) is 1. The number of halogens is 3. The fraction of sp³-hybridized carbons (Fsp3) is 0.700. The van der Waals surface area contributed by atoms with Crippen LogP contribution >= 0.6 is 0 Å². The van der Waals surface area contributed by atoms with Crippen molar-refractivity contribution in [3.8, 4) is 0 Å². The number of carbonyl (C=O) groups excluding carboxylic acids is 1. The van der Waals surface area contributed by atoms with E-state index in [0.29, 0.717) is 37.7 Å². The molecule has 1 saturated heterocycles. The van der Waals surface area contributed by atoms with Crippen LogP contribution in [-0.2, 0) is 11.0 Å². The van der Waals surface area contributed by atoms with Gasteiger partial charge in [-0.15, -0.1) is 0 Å². The molecule has 5 nitrogen and oxygen atoms in total. The van der Waals surface area contributed by atoms with Crippen LogP contribution in [0.2, 0.25) is 0 Å². The van der Waals surface area contributed by atoms with Crippen molar-refractivity contribution in [1.82, 2.24) is 9.88 Å². The Balaban J connectivity index is 0.000000878. The molecule has 3 rings (SSSR count). The van der Waals surface area contributed by atoms with E-state index in [-0.39, 0.29) is 17.9 Å². The highest BCUT2D eigenvalue weighted by atomic mass is 19.4. The Labute approximate surface area is 165 Å². The Kier molecular flexibility index (Phi) is 7.69. The molecule has 1 saturated carbocycles. The maximum absolute atomic E-state index is 13.0. The zero-order valence-corrected chi connectivity index (χ0v) is 16.9. The molecule has 2 heterocycles. The first kappa shape index (κ1) is 22.5. The van der Waals surface area contributed by atoms with Crippen LogP contribution in [0, 0.1) is 12.8 Å². The summed E-state index contributed by atoms with van der Waals surface area (Å²) in [5.74, 6) is 0.443. The van der Waals surface area contributed by atoms with E-state index in [1.807, 2.05) is 4.90 Å². The van der Waals surface area contributed by atoms with Crippen LogP contribution in [0.1, 0.15) is 50.8 Å². The number of hydrogen-bond acceptors (Lipinski definition) is 4. The molecule has 0 radical (unpaired) electrons. The number of rotatable bonds is 2. The Morgan fingerprint density at radius 2 is 1.79 bits per heavy atom. The zero-order valence-electron chi connectivity index (χ0n) is 16.9. The van der Waals surface area contributed by atoms with Gasteiger partial charge in [0.2, 0.25) is 5.91 Å². The smallest absolute Gasteiger partial charge is 0.353 e. The van der Waals surface area contributed by atoms with E-state index in [9.17, 15) is 18.0 Å². The van der Waals surface area contributed by atoms with Crippen LogP contribution in [0.4, 0.5) is 19.0 Å². The van der Waals surface area contributed by atoms with Crippen molar-refractivity contribution in [1.29, 1.82) is 0 Å². The number of alkyl halides is 3. The monoisotopic (exact) mass is 400 g/mol. The van der Waals surface area contributed by atoms with Gasteiger partial charge in [-0.05, 0) is 38.3 Å². The second-order valence-corrected chi connectivity index (χ2v) is 7.64. The summed E-state index contributed by atoms with van der Waals surface area (Å²) in [7, 11) is 0. The minimum absolute atomic E-state index is 0.00419. The van der Waals surface area contributed by atoms with Crippen LogP contribution in [0.5, 0.6) is 0 Å². The van der Waals surface area contributed by atoms with E-state index in [2.05, 4.69) is 18.8 Å². The van der Waals surface area contributed by atoms with Gasteiger partial charge in [0.1, 0.15) is 5.82 Å². The van der Waals surface area contributed by atoms with E-state index in [1.165, 1.54) is 6.42 Å². The van der Waals surface area contributed by atoms with Crippen LogP contribution in [0.3, 0.4) is 0 Å². The largest absolute Gasteiger partial charge is 0.416 e. The van der Waals surface area contributed by atoms with Gasteiger partial charge in [-0.2, -0.15) is 13.2 Å². The fourth-order valence-corrected chi connectivity index (χ4v) is 3.63. The van der Waals surface area contributed by atoms with Crippen LogP contribution in [0.25, 0.3) is 0 Å². The van der Waals surface area contributed by atoms with E-state index < -0.39 is 11.7 Å². The van der Waals surface area contributed by atoms with E-state index >= 15 is 0 Å². The SMILES string of the molecule is CCC.Cc1cc(C(F)(F)F)cc(N2CCN(C(=O)C3CCC(N)C3)CC2)n1. The van der Waals surface area contributed by atoms with Crippen molar-refractivity contribution in [3.05, 3.63) is 23.4 Å². The number of aromatic nitrogens is 1. The second-order valence-electron chi connectivity index (χ2n) is 7.64. The van der Waals surface area contributed by atoms with Gasteiger partial charge in [0.05, 0.1) is 5.56 Å². The summed E-state index contributed by atoms with van der Waals surface area (Å²) < 4.78 is 38.9. The number of nitrogens with zero attached hydrogens (tertiary/aromatic N) is 3. The van der Waals surface area contributed by atoms with Gasteiger partial charge in [0.25, 0.3) is 0 Å².